The van der Waals surface area contributed by atoms with E-state index in [0.717, 1.165) is 26.8 Å². The Bertz CT molecular complexity index is 603. The Kier molecular flexibility index (Phi) is 3.83. The monoisotopic (exact) mass is 314 g/mol. The van der Waals surface area contributed by atoms with Crippen molar-refractivity contribution in [2.45, 2.75) is 16.6 Å². The number of thioether (sulfide) groups is 1. The first kappa shape index (κ1) is 13.1. The molecule has 0 amide bonds. The highest BCUT2D eigenvalue weighted by Gasteiger charge is 2.16. The predicted molar refractivity (Wildman–Crippen MR) is 77.8 cm³/mol. The molecule has 1 aliphatic heterocycles. The van der Waals surface area contributed by atoms with Crippen LogP contribution in [-0.2, 0) is 17.1 Å². The zero-order valence-corrected chi connectivity index (χ0v) is 12.3. The van der Waals surface area contributed by atoms with Crippen LogP contribution in [0.2, 0.25) is 5.02 Å². The molecule has 4 nitrogen and oxygen atoms in total. The number of thiazole rings is 1. The summed E-state index contributed by atoms with van der Waals surface area (Å²) in [6.07, 6.45) is 1.78. The molecule has 1 aromatic heterocycles. The zero-order chi connectivity index (χ0) is 13.2. The van der Waals surface area contributed by atoms with Crippen LogP contribution >= 0.6 is 34.7 Å². The molecule has 0 fully saturated rings. The molecule has 0 spiro atoms. The number of ether oxygens (including phenoxy) is 2. The molecule has 100 valence electrons. The molecule has 0 aliphatic carbocycles. The maximum absolute atomic E-state index is 6.12. The normalized spacial score (nSPS) is 13.9. The molecule has 1 aromatic carbocycles. The van der Waals surface area contributed by atoms with Crippen LogP contribution in [0.1, 0.15) is 11.1 Å². The summed E-state index contributed by atoms with van der Waals surface area (Å²) in [7, 11) is 0. The number of rotatable bonds is 3. The third-order valence-electron chi connectivity index (χ3n) is 2.62. The molecule has 0 saturated carbocycles. The van der Waals surface area contributed by atoms with Crippen LogP contribution in [0.25, 0.3) is 0 Å². The molecule has 2 aromatic rings. The van der Waals surface area contributed by atoms with E-state index in [4.69, 9.17) is 26.8 Å². The number of nitrogens with two attached hydrogens (primary N) is 1. The van der Waals surface area contributed by atoms with Gasteiger partial charge in [-0.25, -0.2) is 4.98 Å². The first-order valence-electron chi connectivity index (χ1n) is 5.58. The van der Waals surface area contributed by atoms with Crippen molar-refractivity contribution in [1.82, 2.24) is 4.98 Å². The Morgan fingerprint density at radius 1 is 1.47 bits per heavy atom. The molecule has 0 atom stereocenters. The summed E-state index contributed by atoms with van der Waals surface area (Å²) in [5, 5.41) is 1.28. The van der Waals surface area contributed by atoms with E-state index in [1.165, 1.54) is 11.3 Å². The van der Waals surface area contributed by atoms with Crippen molar-refractivity contribution in [1.29, 1.82) is 0 Å². The van der Waals surface area contributed by atoms with Gasteiger partial charge in [-0.3, -0.25) is 0 Å². The number of anilines is 1. The number of fused-ring (bicyclic) bond motifs is 1. The van der Waals surface area contributed by atoms with Crippen molar-refractivity contribution < 1.29 is 9.47 Å². The van der Waals surface area contributed by atoms with Crippen LogP contribution in [0.4, 0.5) is 5.13 Å². The van der Waals surface area contributed by atoms with Crippen LogP contribution < -0.4 is 10.5 Å². The minimum Gasteiger partial charge on any atom is -0.467 e. The zero-order valence-electron chi connectivity index (χ0n) is 9.89. The Labute approximate surface area is 123 Å². The molecule has 2 heterocycles. The second kappa shape index (κ2) is 5.58. The number of nitrogen functional groups attached to an aromatic ring is 1. The summed E-state index contributed by atoms with van der Waals surface area (Å²) >= 11 is 9.27. The third kappa shape index (κ3) is 2.97. The van der Waals surface area contributed by atoms with E-state index in [1.54, 1.807) is 18.0 Å². The lowest BCUT2D eigenvalue weighted by Gasteiger charge is -2.20. The van der Waals surface area contributed by atoms with Gasteiger partial charge in [0.25, 0.3) is 0 Å². The molecule has 1 aliphatic rings. The summed E-state index contributed by atoms with van der Waals surface area (Å²) < 4.78 is 11.9. The number of aromatic nitrogens is 1. The van der Waals surface area contributed by atoms with E-state index < -0.39 is 0 Å². The van der Waals surface area contributed by atoms with E-state index in [9.17, 15) is 0 Å². The Morgan fingerprint density at radius 3 is 3.16 bits per heavy atom. The van der Waals surface area contributed by atoms with E-state index in [2.05, 4.69) is 4.98 Å². The van der Waals surface area contributed by atoms with Gasteiger partial charge in [0.2, 0.25) is 0 Å². The van der Waals surface area contributed by atoms with Gasteiger partial charge in [-0.2, -0.15) is 0 Å². The van der Waals surface area contributed by atoms with Gasteiger partial charge in [0, 0.05) is 21.9 Å². The first-order chi connectivity index (χ1) is 9.22. The van der Waals surface area contributed by atoms with Crippen LogP contribution in [0.3, 0.4) is 0 Å². The van der Waals surface area contributed by atoms with Crippen molar-refractivity contribution >= 4 is 39.8 Å². The lowest BCUT2D eigenvalue weighted by molar-refractivity contribution is -0.0168. The van der Waals surface area contributed by atoms with Crippen molar-refractivity contribution in [3.8, 4) is 5.75 Å². The van der Waals surface area contributed by atoms with E-state index >= 15 is 0 Å². The van der Waals surface area contributed by atoms with Gasteiger partial charge in [-0.15, -0.1) is 11.8 Å². The molecule has 3 rings (SSSR count). The van der Waals surface area contributed by atoms with Crippen LogP contribution in [0, 0.1) is 0 Å². The van der Waals surface area contributed by atoms with Gasteiger partial charge >= 0.3 is 0 Å². The average molecular weight is 315 g/mol. The molecule has 0 radical (unpaired) electrons. The Balaban J connectivity index is 1.82. The molecule has 7 heteroatoms. The summed E-state index contributed by atoms with van der Waals surface area (Å²) in [4.78, 5) is 4.03. The molecule has 0 saturated heterocycles. The SMILES string of the molecule is Nc1ncc(SCc2cc(Cl)cc3c2OCOC3)s1. The van der Waals surface area contributed by atoms with Crippen molar-refractivity contribution in [2.24, 2.45) is 0 Å². The van der Waals surface area contributed by atoms with Crippen molar-refractivity contribution in [2.75, 3.05) is 12.5 Å². The minimum atomic E-state index is 0.291. The fraction of sp³-hybridized carbons (Fsp3) is 0.250. The topological polar surface area (TPSA) is 57.4 Å². The van der Waals surface area contributed by atoms with Crippen molar-refractivity contribution in [3.63, 3.8) is 0 Å². The van der Waals surface area contributed by atoms with Gasteiger partial charge in [0.1, 0.15) is 5.75 Å². The van der Waals surface area contributed by atoms with Gasteiger partial charge in [0.15, 0.2) is 11.9 Å². The minimum absolute atomic E-state index is 0.291. The molecule has 0 bridgehead atoms. The number of halogens is 1. The average Bonchev–Trinajstić information content (AvgIpc) is 2.81. The van der Waals surface area contributed by atoms with Crippen LogP contribution in [0.15, 0.2) is 22.5 Å². The summed E-state index contributed by atoms with van der Waals surface area (Å²) in [5.41, 5.74) is 7.68. The van der Waals surface area contributed by atoms with Crippen LogP contribution in [0.5, 0.6) is 5.75 Å². The number of hydrogen-bond acceptors (Lipinski definition) is 6. The fourth-order valence-electron chi connectivity index (χ4n) is 1.85. The third-order valence-corrected chi connectivity index (χ3v) is 4.91. The molecule has 2 N–H and O–H groups in total. The maximum atomic E-state index is 6.12. The quantitative estimate of drug-likeness (QED) is 0.878. The number of hydrogen-bond donors (Lipinski definition) is 1. The Morgan fingerprint density at radius 2 is 2.37 bits per heavy atom. The van der Waals surface area contributed by atoms with Gasteiger partial charge in [0.05, 0.1) is 17.0 Å². The highest BCUT2D eigenvalue weighted by molar-refractivity contribution is 8.00. The van der Waals surface area contributed by atoms with E-state index in [0.29, 0.717) is 23.6 Å². The summed E-state index contributed by atoms with van der Waals surface area (Å²) in [6.45, 7) is 0.834. The van der Waals surface area contributed by atoms with Crippen LogP contribution in [-0.4, -0.2) is 11.8 Å². The van der Waals surface area contributed by atoms with Crippen molar-refractivity contribution in [3.05, 3.63) is 34.5 Å². The molecule has 0 unspecified atom stereocenters. The van der Waals surface area contributed by atoms with Gasteiger partial charge in [-0.05, 0) is 12.1 Å². The highest BCUT2D eigenvalue weighted by Crippen LogP contribution is 2.36. The largest absolute Gasteiger partial charge is 0.467 e. The Hall–Kier alpha value is -0.950. The van der Waals surface area contributed by atoms with E-state index in [-0.39, 0.29) is 0 Å². The standard InChI is InChI=1S/C12H11ClN2O2S2/c13-9-1-7-4-16-6-17-11(7)8(2-9)5-18-10-3-15-12(14)19-10/h1-3H,4-6H2,(H2,14,15). The lowest BCUT2D eigenvalue weighted by Crippen LogP contribution is -2.12. The summed E-state index contributed by atoms with van der Waals surface area (Å²) in [6, 6.07) is 3.82. The summed E-state index contributed by atoms with van der Waals surface area (Å²) in [5.74, 6) is 1.66. The number of nitrogens with zero attached hydrogens (tertiary/aromatic N) is 1. The second-order valence-electron chi connectivity index (χ2n) is 3.97. The predicted octanol–water partition coefficient (Wildman–Crippen LogP) is 3.54. The highest BCUT2D eigenvalue weighted by atomic mass is 35.5. The van der Waals surface area contributed by atoms with E-state index in [1.807, 2.05) is 12.1 Å². The second-order valence-corrected chi connectivity index (χ2v) is 6.74. The molecule has 19 heavy (non-hydrogen) atoms. The van der Waals surface area contributed by atoms with Gasteiger partial charge < -0.3 is 15.2 Å². The smallest absolute Gasteiger partial charge is 0.189 e. The fourth-order valence-corrected chi connectivity index (χ4v) is 3.84. The number of benzene rings is 1. The lowest BCUT2D eigenvalue weighted by atomic mass is 10.1. The van der Waals surface area contributed by atoms with Gasteiger partial charge in [-0.1, -0.05) is 22.9 Å². The molecular formula is C12H11ClN2O2S2. The first-order valence-corrected chi connectivity index (χ1v) is 7.76. The maximum Gasteiger partial charge on any atom is 0.189 e. The molecular weight excluding hydrogens is 304 g/mol.